The van der Waals surface area contributed by atoms with Crippen molar-refractivity contribution in [2.45, 2.75) is 26.8 Å². The van der Waals surface area contributed by atoms with Crippen LogP contribution in [-0.2, 0) is 6.54 Å². The molecule has 3 heterocycles. The van der Waals surface area contributed by atoms with E-state index in [0.717, 1.165) is 25.3 Å². The molecule has 7 heteroatoms. The zero-order chi connectivity index (χ0) is 19.7. The lowest BCUT2D eigenvalue weighted by molar-refractivity contribution is 0.0997. The van der Waals surface area contributed by atoms with Crippen LogP contribution in [-0.4, -0.2) is 28.9 Å². The fourth-order valence-corrected chi connectivity index (χ4v) is 4.66. The number of thiazole rings is 1. The van der Waals surface area contributed by atoms with Gasteiger partial charge in [0.05, 0.1) is 11.1 Å². The van der Waals surface area contributed by atoms with Crippen LogP contribution in [0.4, 0.5) is 5.13 Å². The molecule has 1 aliphatic rings. The molecule has 1 aromatic carbocycles. The normalized spacial score (nSPS) is 20.4. The highest BCUT2D eigenvalue weighted by Crippen LogP contribution is 2.24. The van der Waals surface area contributed by atoms with Crippen LogP contribution in [0.1, 0.15) is 36.5 Å². The van der Waals surface area contributed by atoms with Gasteiger partial charge in [0.1, 0.15) is 5.58 Å². The number of carbonyl (C=O) groups is 1. The van der Waals surface area contributed by atoms with Gasteiger partial charge >= 0.3 is 0 Å². The lowest BCUT2D eigenvalue weighted by Gasteiger charge is -2.34. The van der Waals surface area contributed by atoms with Gasteiger partial charge in [0.15, 0.2) is 16.3 Å². The molecule has 2 aromatic heterocycles. The molecule has 1 aliphatic heterocycles. The van der Waals surface area contributed by atoms with E-state index in [1.54, 1.807) is 24.3 Å². The number of nitrogens with one attached hydrogen (secondary N) is 1. The van der Waals surface area contributed by atoms with E-state index < -0.39 is 5.91 Å². The standard InChI is InChI=1S/C21H23N3O3S/c1-13-7-14(2)10-24(9-13)11-15-12-28-21(22-15)23-20(26)19-8-17(25)16-5-3-4-6-18(16)27-19/h3-6,8,12-14H,7,9-11H2,1-2H3,(H,22,23,26)/t13-,14-/m1/s1. The fourth-order valence-electron chi connectivity index (χ4n) is 3.96. The Kier molecular flexibility index (Phi) is 5.28. The molecular formula is C21H23N3O3S. The van der Waals surface area contributed by atoms with Gasteiger partial charge in [0, 0.05) is 31.1 Å². The summed E-state index contributed by atoms with van der Waals surface area (Å²) in [5, 5.41) is 5.68. The number of nitrogens with zero attached hydrogens (tertiary/aromatic N) is 2. The molecule has 1 amide bonds. The SMILES string of the molecule is C[C@@H]1C[C@@H](C)CN(Cc2csc(NC(=O)c3cc(=O)c4ccccc4o3)n2)C1. The first-order chi connectivity index (χ1) is 13.5. The quantitative estimate of drug-likeness (QED) is 0.721. The fraction of sp³-hybridized carbons (Fsp3) is 0.381. The summed E-state index contributed by atoms with van der Waals surface area (Å²) in [7, 11) is 0. The molecule has 28 heavy (non-hydrogen) atoms. The molecule has 1 N–H and O–H groups in total. The van der Waals surface area contributed by atoms with Crippen molar-refractivity contribution in [1.29, 1.82) is 0 Å². The smallest absolute Gasteiger partial charge is 0.293 e. The van der Waals surface area contributed by atoms with Crippen LogP contribution in [0.3, 0.4) is 0 Å². The molecular weight excluding hydrogens is 374 g/mol. The van der Waals surface area contributed by atoms with Gasteiger partial charge in [-0.15, -0.1) is 11.3 Å². The van der Waals surface area contributed by atoms with Crippen molar-refractivity contribution in [2.24, 2.45) is 11.8 Å². The number of piperidine rings is 1. The molecule has 0 spiro atoms. The Morgan fingerprint density at radius 3 is 2.82 bits per heavy atom. The largest absolute Gasteiger partial charge is 0.451 e. The van der Waals surface area contributed by atoms with E-state index in [-0.39, 0.29) is 11.2 Å². The summed E-state index contributed by atoms with van der Waals surface area (Å²) in [4.78, 5) is 31.6. The van der Waals surface area contributed by atoms with Crippen molar-refractivity contribution in [1.82, 2.24) is 9.88 Å². The van der Waals surface area contributed by atoms with Gasteiger partial charge in [-0.1, -0.05) is 26.0 Å². The highest BCUT2D eigenvalue weighted by atomic mass is 32.1. The van der Waals surface area contributed by atoms with Gasteiger partial charge in [0.2, 0.25) is 0 Å². The minimum absolute atomic E-state index is 0.0147. The van der Waals surface area contributed by atoms with Gasteiger partial charge in [-0.25, -0.2) is 4.98 Å². The third kappa shape index (κ3) is 4.15. The average molecular weight is 398 g/mol. The molecule has 0 bridgehead atoms. The molecule has 0 saturated carbocycles. The number of hydrogen-bond donors (Lipinski definition) is 1. The molecule has 6 nitrogen and oxygen atoms in total. The van der Waals surface area contributed by atoms with E-state index in [1.165, 1.54) is 23.8 Å². The van der Waals surface area contributed by atoms with Crippen LogP contribution in [0.25, 0.3) is 11.0 Å². The first-order valence-electron chi connectivity index (χ1n) is 9.49. The van der Waals surface area contributed by atoms with Crippen molar-refractivity contribution < 1.29 is 9.21 Å². The van der Waals surface area contributed by atoms with Crippen LogP contribution < -0.4 is 10.7 Å². The van der Waals surface area contributed by atoms with Gasteiger partial charge in [-0.05, 0) is 30.4 Å². The van der Waals surface area contributed by atoms with Crippen molar-refractivity contribution in [2.75, 3.05) is 18.4 Å². The summed E-state index contributed by atoms with van der Waals surface area (Å²) in [6.45, 7) is 7.50. The van der Waals surface area contributed by atoms with Crippen molar-refractivity contribution in [3.8, 4) is 0 Å². The number of hydrogen-bond acceptors (Lipinski definition) is 6. The predicted molar refractivity (Wildman–Crippen MR) is 111 cm³/mol. The lowest BCUT2D eigenvalue weighted by Crippen LogP contribution is -2.38. The number of aromatic nitrogens is 1. The van der Waals surface area contributed by atoms with Gasteiger partial charge < -0.3 is 4.42 Å². The van der Waals surface area contributed by atoms with Crippen molar-refractivity contribution in [3.63, 3.8) is 0 Å². The summed E-state index contributed by atoms with van der Waals surface area (Å²) in [6.07, 6.45) is 1.27. The molecule has 1 saturated heterocycles. The summed E-state index contributed by atoms with van der Waals surface area (Å²) in [6, 6.07) is 8.11. The molecule has 4 rings (SSSR count). The van der Waals surface area contributed by atoms with Crippen molar-refractivity contribution >= 4 is 33.3 Å². The highest BCUT2D eigenvalue weighted by Gasteiger charge is 2.22. The molecule has 146 valence electrons. The van der Waals surface area contributed by atoms with E-state index in [2.05, 4.69) is 29.0 Å². The maximum Gasteiger partial charge on any atom is 0.293 e. The minimum Gasteiger partial charge on any atom is -0.451 e. The summed E-state index contributed by atoms with van der Waals surface area (Å²) < 4.78 is 5.59. The third-order valence-electron chi connectivity index (χ3n) is 4.96. The Hall–Kier alpha value is -2.51. The average Bonchev–Trinajstić information content (AvgIpc) is 3.07. The number of amides is 1. The van der Waals surface area contributed by atoms with Crippen LogP contribution in [0.15, 0.2) is 44.9 Å². The number of rotatable bonds is 4. The topological polar surface area (TPSA) is 75.4 Å². The summed E-state index contributed by atoms with van der Waals surface area (Å²) in [5.74, 6) is 0.901. The van der Waals surface area contributed by atoms with Gasteiger partial charge in [-0.2, -0.15) is 0 Å². The van der Waals surface area contributed by atoms with Crippen LogP contribution in [0.2, 0.25) is 0 Å². The molecule has 0 unspecified atom stereocenters. The van der Waals surface area contributed by atoms with Crippen molar-refractivity contribution in [3.05, 3.63) is 57.4 Å². The zero-order valence-electron chi connectivity index (χ0n) is 16.0. The maximum absolute atomic E-state index is 12.5. The second kappa shape index (κ2) is 7.85. The van der Waals surface area contributed by atoms with E-state index >= 15 is 0 Å². The Bertz CT molecular complexity index is 1050. The number of fused-ring (bicyclic) bond motifs is 1. The second-order valence-electron chi connectivity index (χ2n) is 7.71. The van der Waals surface area contributed by atoms with E-state index in [9.17, 15) is 9.59 Å². The van der Waals surface area contributed by atoms with E-state index in [1.807, 2.05) is 5.38 Å². The van der Waals surface area contributed by atoms with E-state index in [0.29, 0.717) is 27.9 Å². The monoisotopic (exact) mass is 397 g/mol. The molecule has 3 aromatic rings. The van der Waals surface area contributed by atoms with Gasteiger partial charge in [0.25, 0.3) is 5.91 Å². The predicted octanol–water partition coefficient (Wildman–Crippen LogP) is 3.98. The van der Waals surface area contributed by atoms with Gasteiger partial charge in [-0.3, -0.25) is 19.8 Å². The highest BCUT2D eigenvalue weighted by molar-refractivity contribution is 7.13. The molecule has 0 radical (unpaired) electrons. The zero-order valence-corrected chi connectivity index (χ0v) is 16.8. The van der Waals surface area contributed by atoms with Crippen LogP contribution in [0.5, 0.6) is 0 Å². The Morgan fingerprint density at radius 1 is 1.29 bits per heavy atom. The Balaban J connectivity index is 1.45. The second-order valence-corrected chi connectivity index (χ2v) is 8.57. The van der Waals surface area contributed by atoms with E-state index in [4.69, 9.17) is 4.42 Å². The minimum atomic E-state index is -0.469. The molecule has 2 atom stereocenters. The number of para-hydroxylation sites is 1. The number of carbonyl (C=O) groups excluding carboxylic acids is 1. The van der Waals surface area contributed by atoms with Crippen LogP contribution in [0, 0.1) is 11.8 Å². The first kappa shape index (κ1) is 18.8. The van der Waals surface area contributed by atoms with Crippen LogP contribution >= 0.6 is 11.3 Å². The lowest BCUT2D eigenvalue weighted by atomic mass is 9.92. The number of likely N-dealkylation sites (tertiary alicyclic amines) is 1. The summed E-state index contributed by atoms with van der Waals surface area (Å²) >= 11 is 1.38. The summed E-state index contributed by atoms with van der Waals surface area (Å²) in [5.41, 5.74) is 1.11. The molecule has 1 fully saturated rings. The first-order valence-corrected chi connectivity index (χ1v) is 10.4. The molecule has 0 aliphatic carbocycles. The number of anilines is 1. The third-order valence-corrected chi connectivity index (χ3v) is 5.77. The maximum atomic E-state index is 12.5. The number of benzene rings is 1. The Labute approximate surface area is 167 Å². The Morgan fingerprint density at radius 2 is 2.04 bits per heavy atom.